The molecule has 56 heavy (non-hydrogen) atoms. The summed E-state index contributed by atoms with van der Waals surface area (Å²) in [6.07, 6.45) is 18.8. The van der Waals surface area contributed by atoms with Crippen LogP contribution in [0.3, 0.4) is 0 Å². The summed E-state index contributed by atoms with van der Waals surface area (Å²) >= 11 is 0. The molecule has 2 fully saturated rings. The zero-order chi connectivity index (χ0) is 39.8. The van der Waals surface area contributed by atoms with Gasteiger partial charge in [-0.2, -0.15) is 0 Å². The predicted octanol–water partition coefficient (Wildman–Crippen LogP) is 6.67. The monoisotopic (exact) mass is 826 g/mol. The van der Waals surface area contributed by atoms with Crippen LogP contribution in [-0.2, 0) is 42.5 Å². The van der Waals surface area contributed by atoms with Crippen molar-refractivity contribution in [3.05, 3.63) is 12.7 Å². The van der Waals surface area contributed by atoms with Gasteiger partial charge in [-0.05, 0) is 50.4 Å². The number of hydrogen-bond acceptors (Lipinski definition) is 6. The van der Waals surface area contributed by atoms with Crippen molar-refractivity contribution < 1.29 is 47.3 Å². The van der Waals surface area contributed by atoms with Gasteiger partial charge < -0.3 is 31.1 Å². The third-order valence-electron chi connectivity index (χ3n) is 9.54. The SMILES string of the molecule is C.C.C#CCCCC(NC(=O)[C@@H]1CCCN1C(=O)[C@H](CCCCCCCC)NC(=O)N[C@H](CN1CCCCC1=O)C(C)(C)C)C(=O)C(=O)NCC=C.CCC.[V]. The van der Waals surface area contributed by atoms with Crippen LogP contribution in [0.5, 0.6) is 0 Å². The number of amides is 6. The molecular weight excluding hydrogens is 747 g/mol. The number of likely N-dealkylation sites (tertiary alicyclic amines) is 2. The Morgan fingerprint density at radius 3 is 2.11 bits per heavy atom. The summed E-state index contributed by atoms with van der Waals surface area (Å²) in [5, 5.41) is 11.2. The van der Waals surface area contributed by atoms with Gasteiger partial charge in [0.1, 0.15) is 12.1 Å². The van der Waals surface area contributed by atoms with Crippen LogP contribution < -0.4 is 21.3 Å². The number of Topliss-reactive ketones (excluding diaryl/α,β-unsaturated/α-hetero) is 1. The van der Waals surface area contributed by atoms with Crippen LogP contribution in [0, 0.1) is 17.8 Å². The fourth-order valence-electron chi connectivity index (χ4n) is 6.41. The Morgan fingerprint density at radius 1 is 0.893 bits per heavy atom. The second kappa shape index (κ2) is 31.8. The quantitative estimate of drug-likeness (QED) is 0.0439. The molecule has 0 aromatic rings. The molecule has 0 bridgehead atoms. The zero-order valence-corrected chi connectivity index (χ0v) is 35.5. The molecule has 0 aromatic carbocycles. The first-order valence-electron chi connectivity index (χ1n) is 20.1. The number of nitrogens with zero attached hydrogens (tertiary/aromatic N) is 2. The third-order valence-corrected chi connectivity index (χ3v) is 9.54. The van der Waals surface area contributed by atoms with E-state index in [0.29, 0.717) is 58.2 Å². The summed E-state index contributed by atoms with van der Waals surface area (Å²) in [4.78, 5) is 82.7. The van der Waals surface area contributed by atoms with Crippen molar-refractivity contribution in [2.45, 2.75) is 183 Å². The minimum Gasteiger partial charge on any atom is -0.346 e. The van der Waals surface area contributed by atoms with Crippen LogP contribution in [-0.4, -0.2) is 95.6 Å². The van der Waals surface area contributed by atoms with Crippen LogP contribution >= 0.6 is 0 Å². The van der Waals surface area contributed by atoms with Gasteiger partial charge in [0.2, 0.25) is 23.5 Å². The largest absolute Gasteiger partial charge is 0.346 e. The maximum Gasteiger partial charge on any atom is 0.315 e. The number of carbonyl (C=O) groups is 6. The summed E-state index contributed by atoms with van der Waals surface area (Å²) in [6.45, 7) is 17.4. The summed E-state index contributed by atoms with van der Waals surface area (Å²) in [5.41, 5.74) is -0.358. The summed E-state index contributed by atoms with van der Waals surface area (Å²) in [7, 11) is 0. The average Bonchev–Trinajstić information content (AvgIpc) is 3.61. The topological polar surface area (TPSA) is 157 Å². The van der Waals surface area contributed by atoms with E-state index in [2.05, 4.69) is 54.5 Å². The molecule has 1 unspecified atom stereocenters. The number of nitrogens with one attached hydrogen (secondary N) is 4. The minimum absolute atomic E-state index is 0. The molecule has 4 N–H and O–H groups in total. The van der Waals surface area contributed by atoms with E-state index in [1.807, 2.05) is 20.8 Å². The van der Waals surface area contributed by atoms with Crippen molar-refractivity contribution in [3.8, 4) is 12.3 Å². The number of ketones is 1. The summed E-state index contributed by atoms with van der Waals surface area (Å²) < 4.78 is 0. The Labute approximate surface area is 352 Å². The molecule has 4 atom stereocenters. The first-order valence-corrected chi connectivity index (χ1v) is 20.1. The van der Waals surface area contributed by atoms with E-state index in [9.17, 15) is 28.8 Å². The second-order valence-corrected chi connectivity index (χ2v) is 15.4. The van der Waals surface area contributed by atoms with E-state index in [0.717, 1.165) is 51.4 Å². The number of unbranched alkanes of at least 4 members (excludes halogenated alkanes) is 6. The fourth-order valence-corrected chi connectivity index (χ4v) is 6.41. The van der Waals surface area contributed by atoms with Crippen LogP contribution in [0.1, 0.15) is 159 Å². The molecule has 1 radical (unpaired) electrons. The molecule has 2 saturated heterocycles. The van der Waals surface area contributed by atoms with E-state index >= 15 is 0 Å². The number of piperidine rings is 1. The van der Waals surface area contributed by atoms with Crippen LogP contribution in [0.25, 0.3) is 0 Å². The van der Waals surface area contributed by atoms with Crippen molar-refractivity contribution in [2.24, 2.45) is 5.41 Å². The smallest absolute Gasteiger partial charge is 0.315 e. The average molecular weight is 826 g/mol. The summed E-state index contributed by atoms with van der Waals surface area (Å²) in [6, 6.07) is -3.67. The molecule has 2 rings (SSSR count). The van der Waals surface area contributed by atoms with E-state index in [1.165, 1.54) is 17.4 Å². The van der Waals surface area contributed by atoms with E-state index in [-0.39, 0.29) is 69.6 Å². The molecule has 0 spiro atoms. The Balaban J connectivity index is -0.00000452. The molecule has 321 valence electrons. The van der Waals surface area contributed by atoms with Gasteiger partial charge >= 0.3 is 6.03 Å². The normalized spacial score (nSPS) is 16.4. The number of urea groups is 1. The molecular formula is C43H78N6O6V. The maximum atomic E-state index is 14.1. The standard InChI is InChI=1S/C38H62N6O6.C3H8.2CH4.V/c1-7-10-12-13-14-16-21-29(41-37(50)42-31(38(4,5)6)27-43-25-18-17-23-32(43)45)36(49)44-26-19-22-30(44)34(47)40-28(20-15-11-8-2)33(46)35(48)39-24-9-3;1-3-2;;;/h2,9,28-31H,3,7,10-27H2,1,4-6H3,(H,39,48)(H,40,47)(H2,41,42,50);3H2,1-2H3;2*1H4;/t28?,29-,30-,31+;;;;/m0..../s1. The Hall–Kier alpha value is -3.30. The molecule has 0 aliphatic carbocycles. The predicted molar refractivity (Wildman–Crippen MR) is 224 cm³/mol. The first-order chi connectivity index (χ1) is 25.2. The van der Waals surface area contributed by atoms with Crippen LogP contribution in [0.15, 0.2) is 12.7 Å². The summed E-state index contributed by atoms with van der Waals surface area (Å²) in [5.74, 6) is 0.0982. The molecule has 2 heterocycles. The van der Waals surface area contributed by atoms with Gasteiger partial charge in [0.05, 0.1) is 12.1 Å². The molecule has 12 nitrogen and oxygen atoms in total. The zero-order valence-electron chi connectivity index (χ0n) is 34.1. The molecule has 2 aliphatic heterocycles. The van der Waals surface area contributed by atoms with Crippen molar-refractivity contribution in [2.75, 3.05) is 26.2 Å². The van der Waals surface area contributed by atoms with Gasteiger partial charge in [-0.15, -0.1) is 18.9 Å². The first kappa shape index (κ1) is 57.0. The maximum absolute atomic E-state index is 14.1. The van der Waals surface area contributed by atoms with E-state index < -0.39 is 41.8 Å². The molecule has 0 aromatic heterocycles. The molecule has 0 saturated carbocycles. The van der Waals surface area contributed by atoms with Crippen molar-refractivity contribution in [1.29, 1.82) is 0 Å². The van der Waals surface area contributed by atoms with Crippen LogP contribution in [0.2, 0.25) is 0 Å². The Morgan fingerprint density at radius 2 is 1.52 bits per heavy atom. The minimum atomic E-state index is -1.10. The number of hydrogen-bond donors (Lipinski definition) is 4. The van der Waals surface area contributed by atoms with Gasteiger partial charge in [0, 0.05) is 57.6 Å². The Bertz CT molecular complexity index is 1230. The second-order valence-electron chi connectivity index (χ2n) is 15.4. The number of carbonyl (C=O) groups excluding carboxylic acids is 6. The van der Waals surface area contributed by atoms with Gasteiger partial charge in [-0.25, -0.2) is 4.79 Å². The van der Waals surface area contributed by atoms with E-state index in [4.69, 9.17) is 6.42 Å². The van der Waals surface area contributed by atoms with Gasteiger partial charge in [-0.1, -0.05) is 107 Å². The number of rotatable bonds is 21. The van der Waals surface area contributed by atoms with E-state index in [1.54, 1.807) is 4.90 Å². The van der Waals surface area contributed by atoms with Gasteiger partial charge in [-0.3, -0.25) is 24.0 Å². The van der Waals surface area contributed by atoms with Crippen LogP contribution in [0.4, 0.5) is 4.79 Å². The van der Waals surface area contributed by atoms with Gasteiger partial charge in [0.15, 0.2) is 0 Å². The van der Waals surface area contributed by atoms with Crippen molar-refractivity contribution >= 4 is 35.4 Å². The third kappa shape index (κ3) is 21.3. The molecule has 6 amide bonds. The van der Waals surface area contributed by atoms with Gasteiger partial charge in [0.25, 0.3) is 5.91 Å². The molecule has 2 aliphatic rings. The number of terminal acetylenes is 1. The van der Waals surface area contributed by atoms with Crippen molar-refractivity contribution in [1.82, 2.24) is 31.1 Å². The Kier molecular flexibility index (Phi) is 32.3. The fraction of sp³-hybridized carbons (Fsp3) is 0.767. The molecule has 13 heteroatoms. The van der Waals surface area contributed by atoms with Crippen molar-refractivity contribution in [3.63, 3.8) is 0 Å².